The molecule has 1 heterocycles. The molecule has 0 atom stereocenters. The lowest BCUT2D eigenvalue weighted by Gasteiger charge is -2.08. The fraction of sp³-hybridized carbons (Fsp3) is 0.143. The molecule has 27 heavy (non-hydrogen) atoms. The Morgan fingerprint density at radius 1 is 0.889 bits per heavy atom. The van der Waals surface area contributed by atoms with Gasteiger partial charge in [0.05, 0.1) is 11.5 Å². The van der Waals surface area contributed by atoms with Crippen LogP contribution in [0.4, 0.5) is 5.69 Å². The number of thiophene rings is 1. The summed E-state index contributed by atoms with van der Waals surface area (Å²) in [6.45, 7) is 1.07. The van der Waals surface area contributed by atoms with Crippen molar-refractivity contribution in [1.82, 2.24) is 5.32 Å². The zero-order valence-electron chi connectivity index (χ0n) is 14.7. The quantitative estimate of drug-likeness (QED) is 0.576. The molecule has 0 aliphatic carbocycles. The maximum Gasteiger partial charge on any atom is 0.265 e. The minimum Gasteiger partial charge on any atom is -0.494 e. The Morgan fingerprint density at radius 3 is 2.37 bits per heavy atom. The highest BCUT2D eigenvalue weighted by Gasteiger charge is 2.08. The van der Waals surface area contributed by atoms with E-state index in [9.17, 15) is 9.59 Å². The molecular formula is C21H20N2O3S. The van der Waals surface area contributed by atoms with Crippen LogP contribution < -0.4 is 15.4 Å². The normalized spacial score (nSPS) is 10.2. The van der Waals surface area contributed by atoms with Crippen LogP contribution in [0.2, 0.25) is 0 Å². The summed E-state index contributed by atoms with van der Waals surface area (Å²) in [6.07, 6.45) is 0.718. The van der Waals surface area contributed by atoms with Gasteiger partial charge >= 0.3 is 0 Å². The zero-order valence-corrected chi connectivity index (χ0v) is 15.5. The van der Waals surface area contributed by atoms with Crippen LogP contribution in [0.15, 0.2) is 72.1 Å². The summed E-state index contributed by atoms with van der Waals surface area (Å²) in [4.78, 5) is 24.8. The lowest BCUT2D eigenvalue weighted by Crippen LogP contribution is -2.25. The summed E-state index contributed by atoms with van der Waals surface area (Å²) in [5, 5.41) is 7.53. The SMILES string of the molecule is O=C(NCCCOc1ccccc1)c1ccc(NC(=O)c2cccs2)cc1. The third-order valence-corrected chi connectivity index (χ3v) is 4.64. The minimum atomic E-state index is -0.152. The van der Waals surface area contributed by atoms with Crippen LogP contribution in [-0.2, 0) is 0 Å². The molecule has 2 aromatic carbocycles. The molecular weight excluding hydrogens is 360 g/mol. The Balaban J connectivity index is 1.40. The van der Waals surface area contributed by atoms with Crippen molar-refractivity contribution < 1.29 is 14.3 Å². The first-order chi connectivity index (χ1) is 13.2. The molecule has 0 unspecified atom stereocenters. The van der Waals surface area contributed by atoms with E-state index in [2.05, 4.69) is 10.6 Å². The molecule has 3 aromatic rings. The number of carbonyl (C=O) groups is 2. The third kappa shape index (κ3) is 5.69. The van der Waals surface area contributed by atoms with Crippen LogP contribution in [0.1, 0.15) is 26.5 Å². The number of anilines is 1. The van der Waals surface area contributed by atoms with Crippen LogP contribution in [-0.4, -0.2) is 25.0 Å². The van der Waals surface area contributed by atoms with Crippen molar-refractivity contribution >= 4 is 28.8 Å². The predicted octanol–water partition coefficient (Wildman–Crippen LogP) is 4.20. The Morgan fingerprint density at radius 2 is 1.67 bits per heavy atom. The van der Waals surface area contributed by atoms with Gasteiger partial charge in [0.25, 0.3) is 11.8 Å². The molecule has 0 spiro atoms. The topological polar surface area (TPSA) is 67.4 Å². The van der Waals surface area contributed by atoms with E-state index in [0.717, 1.165) is 12.2 Å². The van der Waals surface area contributed by atoms with E-state index in [1.165, 1.54) is 11.3 Å². The molecule has 0 saturated heterocycles. The van der Waals surface area contributed by atoms with Crippen LogP contribution in [0.5, 0.6) is 5.75 Å². The smallest absolute Gasteiger partial charge is 0.265 e. The van der Waals surface area contributed by atoms with Crippen molar-refractivity contribution in [2.75, 3.05) is 18.5 Å². The number of hydrogen-bond acceptors (Lipinski definition) is 4. The van der Waals surface area contributed by atoms with Gasteiger partial charge in [0.15, 0.2) is 0 Å². The standard InChI is InChI=1S/C21H20N2O3S/c24-20(22-13-5-14-26-18-6-2-1-3-7-18)16-9-11-17(12-10-16)23-21(25)19-8-4-15-27-19/h1-4,6-12,15H,5,13-14H2,(H,22,24)(H,23,25). The highest BCUT2D eigenvalue weighted by Crippen LogP contribution is 2.14. The Kier molecular flexibility index (Phi) is 6.60. The van der Waals surface area contributed by atoms with E-state index in [1.807, 2.05) is 41.8 Å². The molecule has 0 saturated carbocycles. The Labute approximate surface area is 162 Å². The van der Waals surface area contributed by atoms with Crippen molar-refractivity contribution in [1.29, 1.82) is 0 Å². The molecule has 0 aliphatic heterocycles. The van der Waals surface area contributed by atoms with Crippen molar-refractivity contribution in [3.05, 3.63) is 82.6 Å². The number of amides is 2. The van der Waals surface area contributed by atoms with Gasteiger partial charge in [-0.15, -0.1) is 11.3 Å². The zero-order chi connectivity index (χ0) is 18.9. The summed E-state index contributed by atoms with van der Waals surface area (Å²) in [6, 6.07) is 20.0. The third-order valence-electron chi connectivity index (χ3n) is 3.77. The fourth-order valence-corrected chi connectivity index (χ4v) is 3.01. The fourth-order valence-electron chi connectivity index (χ4n) is 2.39. The van der Waals surface area contributed by atoms with Gasteiger partial charge in [-0.05, 0) is 54.3 Å². The number of para-hydroxylation sites is 1. The molecule has 0 radical (unpaired) electrons. The van der Waals surface area contributed by atoms with Crippen LogP contribution >= 0.6 is 11.3 Å². The van der Waals surface area contributed by atoms with Gasteiger partial charge < -0.3 is 15.4 Å². The summed E-state index contributed by atoms with van der Waals surface area (Å²) >= 11 is 1.38. The largest absolute Gasteiger partial charge is 0.494 e. The van der Waals surface area contributed by atoms with Crippen LogP contribution in [0, 0.1) is 0 Å². The second-order valence-corrected chi connectivity index (χ2v) is 6.73. The number of rotatable bonds is 8. The molecule has 138 valence electrons. The van der Waals surface area contributed by atoms with E-state index in [0.29, 0.717) is 29.3 Å². The second-order valence-electron chi connectivity index (χ2n) is 5.78. The van der Waals surface area contributed by atoms with E-state index < -0.39 is 0 Å². The van der Waals surface area contributed by atoms with Gasteiger partial charge in [0.1, 0.15) is 5.75 Å². The predicted molar refractivity (Wildman–Crippen MR) is 108 cm³/mol. The minimum absolute atomic E-state index is 0.147. The van der Waals surface area contributed by atoms with Crippen molar-refractivity contribution in [3.8, 4) is 5.75 Å². The molecule has 6 heteroatoms. The average Bonchev–Trinajstić information content (AvgIpc) is 3.24. The number of ether oxygens (including phenoxy) is 1. The number of nitrogens with one attached hydrogen (secondary N) is 2. The lowest BCUT2D eigenvalue weighted by molar-refractivity contribution is 0.0951. The maximum atomic E-state index is 12.2. The van der Waals surface area contributed by atoms with E-state index in [1.54, 1.807) is 30.3 Å². The van der Waals surface area contributed by atoms with Crippen LogP contribution in [0.25, 0.3) is 0 Å². The molecule has 0 aliphatic rings. The monoisotopic (exact) mass is 380 g/mol. The van der Waals surface area contributed by atoms with Crippen molar-refractivity contribution in [2.24, 2.45) is 0 Å². The molecule has 2 N–H and O–H groups in total. The molecule has 0 bridgehead atoms. The average molecular weight is 380 g/mol. The highest BCUT2D eigenvalue weighted by atomic mass is 32.1. The number of carbonyl (C=O) groups excluding carboxylic acids is 2. The molecule has 0 fully saturated rings. The van der Waals surface area contributed by atoms with Gasteiger partial charge in [-0.2, -0.15) is 0 Å². The Bertz CT molecular complexity index is 862. The van der Waals surface area contributed by atoms with Gasteiger partial charge in [0.2, 0.25) is 0 Å². The van der Waals surface area contributed by atoms with E-state index >= 15 is 0 Å². The highest BCUT2D eigenvalue weighted by molar-refractivity contribution is 7.12. The second kappa shape index (κ2) is 9.54. The summed E-state index contributed by atoms with van der Waals surface area (Å²) in [5.41, 5.74) is 1.20. The maximum absolute atomic E-state index is 12.2. The summed E-state index contributed by atoms with van der Waals surface area (Å²) in [7, 11) is 0. The molecule has 2 amide bonds. The lowest BCUT2D eigenvalue weighted by atomic mass is 10.2. The van der Waals surface area contributed by atoms with Gasteiger partial charge in [-0.1, -0.05) is 24.3 Å². The number of benzene rings is 2. The molecule has 3 rings (SSSR count). The molecule has 1 aromatic heterocycles. The first kappa shape index (κ1) is 18.7. The first-order valence-corrected chi connectivity index (χ1v) is 9.51. The summed E-state index contributed by atoms with van der Waals surface area (Å²) in [5.74, 6) is 0.524. The van der Waals surface area contributed by atoms with Crippen molar-refractivity contribution in [3.63, 3.8) is 0 Å². The van der Waals surface area contributed by atoms with Gasteiger partial charge in [-0.25, -0.2) is 0 Å². The van der Waals surface area contributed by atoms with E-state index in [-0.39, 0.29) is 11.8 Å². The van der Waals surface area contributed by atoms with Gasteiger partial charge in [0, 0.05) is 17.8 Å². The first-order valence-electron chi connectivity index (χ1n) is 8.63. The Hall–Kier alpha value is -3.12. The molecule has 5 nitrogen and oxygen atoms in total. The number of hydrogen-bond donors (Lipinski definition) is 2. The van der Waals surface area contributed by atoms with E-state index in [4.69, 9.17) is 4.74 Å². The van der Waals surface area contributed by atoms with Crippen LogP contribution in [0.3, 0.4) is 0 Å². The van der Waals surface area contributed by atoms with Crippen molar-refractivity contribution in [2.45, 2.75) is 6.42 Å². The summed E-state index contributed by atoms with van der Waals surface area (Å²) < 4.78 is 5.59. The van der Waals surface area contributed by atoms with Gasteiger partial charge in [-0.3, -0.25) is 9.59 Å².